The monoisotopic (exact) mass is 298 g/mol. The molecule has 22 heavy (non-hydrogen) atoms. The Hall–Kier alpha value is -2.95. The summed E-state index contributed by atoms with van der Waals surface area (Å²) in [6.07, 6.45) is 1.57. The highest BCUT2D eigenvalue weighted by molar-refractivity contribution is 6.08. The summed E-state index contributed by atoms with van der Waals surface area (Å²) in [5.74, 6) is -1.14. The predicted molar refractivity (Wildman–Crippen MR) is 83.3 cm³/mol. The van der Waals surface area contributed by atoms with Gasteiger partial charge in [-0.25, -0.2) is 4.39 Å². The molecule has 2 amide bonds. The maximum atomic E-state index is 12.9. The molecule has 0 fully saturated rings. The van der Waals surface area contributed by atoms with Crippen molar-refractivity contribution in [2.45, 2.75) is 0 Å². The van der Waals surface area contributed by atoms with Crippen molar-refractivity contribution in [3.05, 3.63) is 78.1 Å². The molecule has 0 aliphatic rings. The van der Waals surface area contributed by atoms with Crippen molar-refractivity contribution >= 4 is 17.5 Å². The minimum atomic E-state index is -0.416. The predicted octanol–water partition coefficient (Wildman–Crippen LogP) is 2.99. The normalized spacial score (nSPS) is 9.86. The molecule has 5 heteroatoms. The van der Waals surface area contributed by atoms with Gasteiger partial charge in [-0.1, -0.05) is 18.2 Å². The Labute approximate surface area is 127 Å². The molecule has 4 nitrogen and oxygen atoms in total. The molecule has 0 saturated carbocycles. The fourth-order valence-corrected chi connectivity index (χ4v) is 1.85. The molecule has 0 bridgehead atoms. The average molecular weight is 298 g/mol. The van der Waals surface area contributed by atoms with Crippen molar-refractivity contribution in [2.24, 2.45) is 0 Å². The van der Waals surface area contributed by atoms with Crippen LogP contribution in [-0.4, -0.2) is 18.4 Å². The Balaban J connectivity index is 2.18. The van der Waals surface area contributed by atoms with E-state index in [9.17, 15) is 14.0 Å². The number of anilines is 1. The van der Waals surface area contributed by atoms with Gasteiger partial charge in [-0.3, -0.25) is 9.59 Å². The lowest BCUT2D eigenvalue weighted by Crippen LogP contribution is -2.25. The number of benzene rings is 2. The fourth-order valence-electron chi connectivity index (χ4n) is 1.85. The maximum absolute atomic E-state index is 12.9. The lowest BCUT2D eigenvalue weighted by atomic mass is 10.1. The summed E-state index contributed by atoms with van der Waals surface area (Å²) >= 11 is 0. The van der Waals surface area contributed by atoms with Gasteiger partial charge in [0.15, 0.2) is 0 Å². The number of carbonyl (C=O) groups excluding carboxylic acids is 2. The molecule has 0 atom stereocenters. The van der Waals surface area contributed by atoms with Gasteiger partial charge >= 0.3 is 0 Å². The summed E-state index contributed by atoms with van der Waals surface area (Å²) in [4.78, 5) is 24.2. The van der Waals surface area contributed by atoms with Crippen molar-refractivity contribution in [2.75, 3.05) is 11.9 Å². The maximum Gasteiger partial charge on any atom is 0.255 e. The van der Waals surface area contributed by atoms with Gasteiger partial charge in [-0.15, -0.1) is 6.58 Å². The number of para-hydroxylation sites is 1. The molecule has 0 radical (unpaired) electrons. The summed E-state index contributed by atoms with van der Waals surface area (Å²) in [5.41, 5.74) is 1.04. The van der Waals surface area contributed by atoms with Gasteiger partial charge < -0.3 is 10.6 Å². The van der Waals surface area contributed by atoms with Crippen LogP contribution in [0, 0.1) is 5.82 Å². The van der Waals surface area contributed by atoms with E-state index >= 15 is 0 Å². The van der Waals surface area contributed by atoms with Crippen molar-refractivity contribution in [3.8, 4) is 0 Å². The molecule has 112 valence electrons. The van der Waals surface area contributed by atoms with Crippen molar-refractivity contribution in [1.82, 2.24) is 5.32 Å². The standard InChI is InChI=1S/C17H15FN2O2/c1-2-11-19-17(22)14-5-3-4-6-15(14)20-16(21)12-7-9-13(18)10-8-12/h2-10H,1,11H2,(H,19,22)(H,20,21). The van der Waals surface area contributed by atoms with E-state index < -0.39 is 11.7 Å². The van der Waals surface area contributed by atoms with Gasteiger partial charge in [0.25, 0.3) is 11.8 Å². The molecule has 0 heterocycles. The van der Waals surface area contributed by atoms with Gasteiger partial charge in [0, 0.05) is 12.1 Å². The largest absolute Gasteiger partial charge is 0.349 e. The summed E-state index contributed by atoms with van der Waals surface area (Å²) in [6, 6.07) is 11.8. The van der Waals surface area contributed by atoms with E-state index in [-0.39, 0.29) is 5.91 Å². The third kappa shape index (κ3) is 3.79. The quantitative estimate of drug-likeness (QED) is 0.834. The topological polar surface area (TPSA) is 58.2 Å². The number of rotatable bonds is 5. The van der Waals surface area contributed by atoms with Gasteiger partial charge in [0.05, 0.1) is 11.3 Å². The molecule has 0 unspecified atom stereocenters. The first-order valence-electron chi connectivity index (χ1n) is 6.67. The van der Waals surface area contributed by atoms with E-state index in [4.69, 9.17) is 0 Å². The Morgan fingerprint density at radius 3 is 2.41 bits per heavy atom. The highest BCUT2D eigenvalue weighted by atomic mass is 19.1. The highest BCUT2D eigenvalue weighted by Gasteiger charge is 2.13. The lowest BCUT2D eigenvalue weighted by molar-refractivity contribution is 0.0959. The molecule has 0 aromatic heterocycles. The van der Waals surface area contributed by atoms with Gasteiger partial charge in [0.2, 0.25) is 0 Å². The van der Waals surface area contributed by atoms with E-state index in [0.717, 1.165) is 0 Å². The molecule has 2 aromatic carbocycles. The molecule has 0 aliphatic heterocycles. The van der Waals surface area contributed by atoms with Crippen LogP contribution in [0.5, 0.6) is 0 Å². The molecule has 0 saturated heterocycles. The number of nitrogens with one attached hydrogen (secondary N) is 2. The summed E-state index contributed by atoms with van der Waals surface area (Å²) in [5, 5.41) is 5.31. The summed E-state index contributed by atoms with van der Waals surface area (Å²) in [7, 11) is 0. The zero-order valence-corrected chi connectivity index (χ0v) is 11.8. The molecular weight excluding hydrogens is 283 g/mol. The Morgan fingerprint density at radius 1 is 1.05 bits per heavy atom. The molecular formula is C17H15FN2O2. The molecule has 0 aliphatic carbocycles. The van der Waals surface area contributed by atoms with Crippen LogP contribution >= 0.6 is 0 Å². The average Bonchev–Trinajstić information content (AvgIpc) is 2.53. The zero-order valence-electron chi connectivity index (χ0n) is 11.8. The van der Waals surface area contributed by atoms with E-state index in [1.165, 1.54) is 24.3 Å². The van der Waals surface area contributed by atoms with Gasteiger partial charge in [-0.05, 0) is 36.4 Å². The van der Waals surface area contributed by atoms with Crippen LogP contribution in [0.25, 0.3) is 0 Å². The first-order valence-corrected chi connectivity index (χ1v) is 6.67. The Bertz CT molecular complexity index is 696. The van der Waals surface area contributed by atoms with Crippen LogP contribution in [0.2, 0.25) is 0 Å². The summed E-state index contributed by atoms with van der Waals surface area (Å²) in [6.45, 7) is 3.86. The van der Waals surface area contributed by atoms with E-state index in [0.29, 0.717) is 23.4 Å². The molecule has 0 spiro atoms. The number of hydrogen-bond acceptors (Lipinski definition) is 2. The second kappa shape index (κ2) is 7.17. The van der Waals surface area contributed by atoms with Crippen LogP contribution in [0.4, 0.5) is 10.1 Å². The van der Waals surface area contributed by atoms with Crippen LogP contribution in [0.3, 0.4) is 0 Å². The number of carbonyl (C=O) groups is 2. The third-order valence-corrected chi connectivity index (χ3v) is 2.93. The van der Waals surface area contributed by atoms with E-state index in [1.54, 1.807) is 30.3 Å². The lowest BCUT2D eigenvalue weighted by Gasteiger charge is -2.10. The SMILES string of the molecule is C=CCNC(=O)c1ccccc1NC(=O)c1ccc(F)cc1. The third-order valence-electron chi connectivity index (χ3n) is 2.93. The second-order valence-corrected chi connectivity index (χ2v) is 4.51. The summed E-state index contributed by atoms with van der Waals surface area (Å²) < 4.78 is 12.9. The molecule has 2 N–H and O–H groups in total. The first kappa shape index (κ1) is 15.4. The van der Waals surface area contributed by atoms with Crippen LogP contribution in [0.1, 0.15) is 20.7 Å². The van der Waals surface area contributed by atoms with Crippen molar-refractivity contribution in [1.29, 1.82) is 0 Å². The van der Waals surface area contributed by atoms with E-state index in [1.807, 2.05) is 0 Å². The van der Waals surface area contributed by atoms with Gasteiger partial charge in [-0.2, -0.15) is 0 Å². The van der Waals surface area contributed by atoms with Crippen LogP contribution < -0.4 is 10.6 Å². The fraction of sp³-hybridized carbons (Fsp3) is 0.0588. The smallest absolute Gasteiger partial charge is 0.255 e. The number of amides is 2. The first-order chi connectivity index (χ1) is 10.6. The Kier molecular flexibility index (Phi) is 5.03. The Morgan fingerprint density at radius 2 is 1.73 bits per heavy atom. The van der Waals surface area contributed by atoms with Crippen molar-refractivity contribution in [3.63, 3.8) is 0 Å². The zero-order chi connectivity index (χ0) is 15.9. The molecule has 2 aromatic rings. The number of halogens is 1. The van der Waals surface area contributed by atoms with Crippen LogP contribution in [0.15, 0.2) is 61.2 Å². The minimum Gasteiger partial charge on any atom is -0.349 e. The highest BCUT2D eigenvalue weighted by Crippen LogP contribution is 2.16. The minimum absolute atomic E-state index is 0.308. The van der Waals surface area contributed by atoms with Gasteiger partial charge in [0.1, 0.15) is 5.82 Å². The second-order valence-electron chi connectivity index (χ2n) is 4.51. The molecule has 2 rings (SSSR count). The van der Waals surface area contributed by atoms with Crippen molar-refractivity contribution < 1.29 is 14.0 Å². The number of hydrogen-bond donors (Lipinski definition) is 2. The van der Waals surface area contributed by atoms with E-state index in [2.05, 4.69) is 17.2 Å². The van der Waals surface area contributed by atoms with Crippen LogP contribution in [-0.2, 0) is 0 Å².